The van der Waals surface area contributed by atoms with E-state index in [2.05, 4.69) is 186 Å². The van der Waals surface area contributed by atoms with E-state index in [-0.39, 0.29) is 25.7 Å². The number of phosphoric acid groups is 2. The number of carbonyl (C=O) groups is 4. The van der Waals surface area contributed by atoms with Crippen molar-refractivity contribution < 1.29 is 80.2 Å². The molecule has 0 aromatic heterocycles. The average molecular weight is 1520 g/mol. The lowest BCUT2D eigenvalue weighted by Crippen LogP contribution is -2.30. The second kappa shape index (κ2) is 77.8. The van der Waals surface area contributed by atoms with Crippen molar-refractivity contribution in [2.24, 2.45) is 0 Å². The van der Waals surface area contributed by atoms with Gasteiger partial charge >= 0.3 is 39.5 Å². The molecule has 17 nitrogen and oxygen atoms in total. The second-order valence-electron chi connectivity index (χ2n) is 26.6. The van der Waals surface area contributed by atoms with Crippen molar-refractivity contribution in [2.45, 2.75) is 329 Å². The summed E-state index contributed by atoms with van der Waals surface area (Å²) in [6, 6.07) is 0. The number of rotatable bonds is 75. The van der Waals surface area contributed by atoms with Gasteiger partial charge in [-0.1, -0.05) is 276 Å². The highest BCUT2D eigenvalue weighted by Gasteiger charge is 2.30. The maximum atomic E-state index is 13.1. The van der Waals surface area contributed by atoms with Crippen LogP contribution in [-0.2, 0) is 65.4 Å². The number of esters is 4. The van der Waals surface area contributed by atoms with Gasteiger partial charge in [0.25, 0.3) is 0 Å². The van der Waals surface area contributed by atoms with Gasteiger partial charge in [-0.3, -0.25) is 37.3 Å². The second-order valence-corrected chi connectivity index (χ2v) is 29.5. The fourth-order valence-electron chi connectivity index (χ4n) is 10.3. The van der Waals surface area contributed by atoms with E-state index in [0.717, 1.165) is 212 Å². The molecule has 0 aliphatic carbocycles. The SMILES string of the molecule is CC/C=C\C/C=C\C/C=C\C/C=C\C/C=C\CCCCCC(=O)OCC(COP(=O)(O)OCC(O)COP(=O)(O)OCC(COC(=O)CCCCCCCC/C=C\C/C=C\C/C=C\CCCCC)OC(=O)CCCCCCC/C=C\C/C=C\C/C=C\CC)OC(=O)CCCCCCC/C=C\C/C=C\CCC. The molecule has 0 saturated carbocycles. The maximum Gasteiger partial charge on any atom is 0.472 e. The van der Waals surface area contributed by atoms with Crippen molar-refractivity contribution >= 4 is 39.5 Å². The van der Waals surface area contributed by atoms with Crippen molar-refractivity contribution in [3.63, 3.8) is 0 Å². The standard InChI is InChI=1S/C87H144O17P2/c1-5-9-13-17-21-25-29-33-36-38-40-42-45-48-51-55-59-63-67-71-84(89)97-77-82(103-86(91)73-69-65-61-57-53-47-32-28-24-20-16-12-8-4)79-101-105(93,94)99-75-81(88)76-100-106(95,96)102-80-83(104-87(92)74-70-66-62-58-54-50-44-35-31-27-23-19-15-11-7-3)78-98-85(90)72-68-64-60-56-52-49-46-43-41-39-37-34-30-26-22-18-14-10-6-2/h9,11,13,15-16,20-23,25-28,32-37,40-44,48,51,81-83,88H,5-8,10,12,14,17-19,24,29-31,38-39,45-47,49-50,52-80H2,1-4H3,(H,93,94)(H,95,96)/b13-9-,15-11-,20-16-,25-21-,26-22-,27-23-,32-28-,36-33-,37-34-,42-40-,43-41-,44-35-,51-48-. The minimum absolute atomic E-state index is 0.0656. The van der Waals surface area contributed by atoms with Crippen LogP contribution in [0.15, 0.2) is 158 Å². The molecule has 19 heteroatoms. The number of hydrogen-bond acceptors (Lipinski definition) is 15. The third-order valence-corrected chi connectivity index (χ3v) is 18.3. The van der Waals surface area contributed by atoms with Crippen LogP contribution in [-0.4, -0.2) is 96.7 Å². The van der Waals surface area contributed by atoms with Crippen LogP contribution >= 0.6 is 15.6 Å². The van der Waals surface area contributed by atoms with Crippen molar-refractivity contribution in [3.05, 3.63) is 158 Å². The number of carbonyl (C=O) groups excluding carboxylic acids is 4. The maximum absolute atomic E-state index is 13.1. The molecule has 0 aliphatic rings. The molecule has 5 unspecified atom stereocenters. The third-order valence-electron chi connectivity index (χ3n) is 16.4. The Balaban J connectivity index is 5.41. The average Bonchev–Trinajstić information content (AvgIpc) is 0.901. The Bertz CT molecular complexity index is 2630. The minimum atomic E-state index is -5.00. The lowest BCUT2D eigenvalue weighted by molar-refractivity contribution is -0.161. The van der Waals surface area contributed by atoms with Gasteiger partial charge < -0.3 is 33.8 Å². The molecule has 0 rings (SSSR count). The molecule has 0 aliphatic heterocycles. The van der Waals surface area contributed by atoms with E-state index in [4.69, 9.17) is 37.0 Å². The van der Waals surface area contributed by atoms with Crippen molar-refractivity contribution in [1.82, 2.24) is 0 Å². The number of hydrogen-bond donors (Lipinski definition) is 3. The van der Waals surface area contributed by atoms with E-state index in [9.17, 15) is 43.2 Å². The number of unbranched alkanes of at least 4 members (excludes halogenated alkanes) is 23. The van der Waals surface area contributed by atoms with E-state index in [1.807, 2.05) is 0 Å². The van der Waals surface area contributed by atoms with E-state index >= 15 is 0 Å². The highest BCUT2D eigenvalue weighted by Crippen LogP contribution is 2.45. The largest absolute Gasteiger partial charge is 0.472 e. The molecule has 0 aromatic rings. The first kappa shape index (κ1) is 101. The van der Waals surface area contributed by atoms with Crippen LogP contribution in [0, 0.1) is 0 Å². The number of phosphoric ester groups is 2. The molecular formula is C87H144O17P2. The van der Waals surface area contributed by atoms with Gasteiger partial charge in [-0.2, -0.15) is 0 Å². The highest BCUT2D eigenvalue weighted by atomic mass is 31.2. The van der Waals surface area contributed by atoms with Crippen molar-refractivity contribution in [2.75, 3.05) is 39.6 Å². The Labute approximate surface area is 642 Å². The zero-order chi connectivity index (χ0) is 77.4. The van der Waals surface area contributed by atoms with Gasteiger partial charge in [0.15, 0.2) is 12.2 Å². The van der Waals surface area contributed by atoms with Crippen LogP contribution in [0.3, 0.4) is 0 Å². The van der Waals surface area contributed by atoms with Crippen LogP contribution in [0.25, 0.3) is 0 Å². The lowest BCUT2D eigenvalue weighted by Gasteiger charge is -2.21. The van der Waals surface area contributed by atoms with Crippen molar-refractivity contribution in [1.29, 1.82) is 0 Å². The molecule has 0 radical (unpaired) electrons. The van der Waals surface area contributed by atoms with Gasteiger partial charge in [-0.25, -0.2) is 9.13 Å². The molecule has 0 fully saturated rings. The number of allylic oxidation sites excluding steroid dienone is 26. The lowest BCUT2D eigenvalue weighted by atomic mass is 10.1. The number of aliphatic hydroxyl groups is 1. The monoisotopic (exact) mass is 1520 g/mol. The van der Waals surface area contributed by atoms with Crippen molar-refractivity contribution in [3.8, 4) is 0 Å². The predicted octanol–water partition coefficient (Wildman–Crippen LogP) is 24.0. The molecular weight excluding hydrogens is 1380 g/mol. The molecule has 0 heterocycles. The van der Waals surface area contributed by atoms with Gasteiger partial charge in [-0.05, 0) is 167 Å². The van der Waals surface area contributed by atoms with Crippen LogP contribution in [0.5, 0.6) is 0 Å². The van der Waals surface area contributed by atoms with Crippen LogP contribution in [0.2, 0.25) is 0 Å². The van der Waals surface area contributed by atoms with E-state index in [0.29, 0.717) is 25.7 Å². The Hall–Kier alpha value is -5.32. The fourth-order valence-corrected chi connectivity index (χ4v) is 11.9. The molecule has 0 spiro atoms. The smallest absolute Gasteiger partial charge is 0.462 e. The van der Waals surface area contributed by atoms with Gasteiger partial charge in [-0.15, -0.1) is 0 Å². The molecule has 0 amide bonds. The summed E-state index contributed by atoms with van der Waals surface area (Å²) in [5.41, 5.74) is 0. The Morgan fingerprint density at radius 3 is 0.802 bits per heavy atom. The summed E-state index contributed by atoms with van der Waals surface area (Å²) >= 11 is 0. The molecule has 3 N–H and O–H groups in total. The van der Waals surface area contributed by atoms with Gasteiger partial charge in [0.1, 0.15) is 19.3 Å². The summed E-state index contributed by atoms with van der Waals surface area (Å²) in [6.45, 7) is 4.47. The van der Waals surface area contributed by atoms with Crippen LogP contribution in [0.1, 0.15) is 310 Å². The summed E-state index contributed by atoms with van der Waals surface area (Å²) in [4.78, 5) is 73.1. The number of ether oxygens (including phenoxy) is 4. The molecule has 0 aromatic carbocycles. The van der Waals surface area contributed by atoms with E-state index in [1.165, 1.54) is 19.3 Å². The first-order valence-electron chi connectivity index (χ1n) is 40.7. The molecule has 0 saturated heterocycles. The zero-order valence-electron chi connectivity index (χ0n) is 66.1. The summed E-state index contributed by atoms with van der Waals surface area (Å²) < 4.78 is 68.6. The van der Waals surface area contributed by atoms with Gasteiger partial charge in [0.2, 0.25) is 0 Å². The normalized spacial score (nSPS) is 14.7. The summed E-state index contributed by atoms with van der Waals surface area (Å²) in [7, 11) is -9.99. The Kier molecular flexibility index (Phi) is 73.9. The molecule has 604 valence electrons. The topological polar surface area (TPSA) is 237 Å². The van der Waals surface area contributed by atoms with Crippen LogP contribution < -0.4 is 0 Å². The summed E-state index contributed by atoms with van der Waals surface area (Å²) in [5.74, 6) is -2.27. The van der Waals surface area contributed by atoms with Gasteiger partial charge in [0.05, 0.1) is 26.4 Å². The fraction of sp³-hybridized carbons (Fsp3) is 0.655. The summed E-state index contributed by atoms with van der Waals surface area (Å²) in [6.07, 6.45) is 90.7. The molecule has 106 heavy (non-hydrogen) atoms. The van der Waals surface area contributed by atoms with E-state index < -0.39 is 97.5 Å². The highest BCUT2D eigenvalue weighted by molar-refractivity contribution is 7.47. The zero-order valence-corrected chi connectivity index (χ0v) is 67.8. The van der Waals surface area contributed by atoms with E-state index in [1.54, 1.807) is 0 Å². The third kappa shape index (κ3) is 76.9. The number of aliphatic hydroxyl groups excluding tert-OH is 1. The quantitative estimate of drug-likeness (QED) is 0.0169. The summed E-state index contributed by atoms with van der Waals surface area (Å²) in [5, 5.41) is 10.6. The van der Waals surface area contributed by atoms with Crippen LogP contribution in [0.4, 0.5) is 0 Å². The molecule has 0 bridgehead atoms. The predicted molar refractivity (Wildman–Crippen MR) is 436 cm³/mol. The first-order valence-corrected chi connectivity index (χ1v) is 43.7. The molecule has 5 atom stereocenters. The minimum Gasteiger partial charge on any atom is -0.462 e. The van der Waals surface area contributed by atoms with Gasteiger partial charge in [0, 0.05) is 25.7 Å². The first-order chi connectivity index (χ1) is 51.7. The Morgan fingerprint density at radius 2 is 0.509 bits per heavy atom. The Morgan fingerprint density at radius 1 is 0.274 bits per heavy atom.